The third-order valence-corrected chi connectivity index (χ3v) is 0.872. The fourth-order valence-electron chi connectivity index (χ4n) is 0.369. The van der Waals surface area contributed by atoms with Crippen molar-refractivity contribution in [3.05, 3.63) is 0 Å². The van der Waals surface area contributed by atoms with Crippen LogP contribution in [0.3, 0.4) is 0 Å². The quantitative estimate of drug-likeness (QED) is 0.536. The first-order valence-electron chi connectivity index (χ1n) is 2.86. The summed E-state index contributed by atoms with van der Waals surface area (Å²) in [5.41, 5.74) is -0.520. The van der Waals surface area contributed by atoms with Crippen molar-refractivity contribution in [1.29, 1.82) is 0 Å². The standard InChI is InChI=1S/C6H10ClF2N/c1-6(2,3)10-4(7)5(8)9/h5H,1-3H3. The molecule has 0 aromatic carbocycles. The second kappa shape index (κ2) is 3.28. The van der Waals surface area contributed by atoms with Gasteiger partial charge in [-0.15, -0.1) is 0 Å². The van der Waals surface area contributed by atoms with Gasteiger partial charge in [0.05, 0.1) is 5.54 Å². The molecule has 0 aliphatic carbocycles. The normalized spacial score (nSPS) is 14.5. The molecular weight excluding hydrogens is 160 g/mol. The molecule has 0 fully saturated rings. The molecule has 0 spiro atoms. The molecular formula is C6H10ClF2N. The van der Waals surface area contributed by atoms with Crippen molar-refractivity contribution in [1.82, 2.24) is 0 Å². The van der Waals surface area contributed by atoms with Gasteiger partial charge in [-0.2, -0.15) is 0 Å². The van der Waals surface area contributed by atoms with Crippen LogP contribution in [0.4, 0.5) is 8.78 Å². The van der Waals surface area contributed by atoms with E-state index in [-0.39, 0.29) is 0 Å². The van der Waals surface area contributed by atoms with Crippen LogP contribution in [-0.2, 0) is 0 Å². The number of hydrogen-bond acceptors (Lipinski definition) is 1. The number of halogens is 3. The molecule has 0 unspecified atom stereocenters. The lowest BCUT2D eigenvalue weighted by Crippen LogP contribution is -2.15. The molecule has 0 aliphatic rings. The predicted molar refractivity (Wildman–Crippen MR) is 39.0 cm³/mol. The molecule has 0 N–H and O–H groups in total. The summed E-state index contributed by atoms with van der Waals surface area (Å²) in [6.45, 7) is 5.12. The van der Waals surface area contributed by atoms with Gasteiger partial charge in [0.1, 0.15) is 0 Å². The van der Waals surface area contributed by atoms with E-state index in [1.807, 2.05) is 0 Å². The Balaban J connectivity index is 4.17. The predicted octanol–water partition coefficient (Wildman–Crippen LogP) is 2.69. The first-order valence-corrected chi connectivity index (χ1v) is 3.24. The van der Waals surface area contributed by atoms with E-state index in [0.29, 0.717) is 0 Å². The Labute approximate surface area is 64.1 Å². The summed E-state index contributed by atoms with van der Waals surface area (Å²) >= 11 is 5.10. The molecule has 0 radical (unpaired) electrons. The Kier molecular flexibility index (Phi) is 3.22. The van der Waals surface area contributed by atoms with Crippen molar-refractivity contribution in [2.45, 2.75) is 32.7 Å². The zero-order chi connectivity index (χ0) is 8.36. The van der Waals surface area contributed by atoms with E-state index in [4.69, 9.17) is 11.6 Å². The summed E-state index contributed by atoms with van der Waals surface area (Å²) in [4.78, 5) is 3.54. The lowest BCUT2D eigenvalue weighted by Gasteiger charge is -2.11. The lowest BCUT2D eigenvalue weighted by molar-refractivity contribution is 0.227. The van der Waals surface area contributed by atoms with Crippen molar-refractivity contribution >= 4 is 16.8 Å². The maximum absolute atomic E-state index is 11.7. The highest BCUT2D eigenvalue weighted by Crippen LogP contribution is 2.11. The maximum Gasteiger partial charge on any atom is 0.290 e. The number of nitrogens with zero attached hydrogens (tertiary/aromatic N) is 1. The smallest absolute Gasteiger partial charge is 0.266 e. The first-order chi connectivity index (χ1) is 4.33. The fourth-order valence-corrected chi connectivity index (χ4v) is 0.623. The molecule has 0 atom stereocenters. The number of hydrogen-bond donors (Lipinski definition) is 0. The molecule has 10 heavy (non-hydrogen) atoms. The maximum atomic E-state index is 11.7. The van der Waals surface area contributed by atoms with Gasteiger partial charge >= 0.3 is 0 Å². The van der Waals surface area contributed by atoms with Gasteiger partial charge in [-0.25, -0.2) is 8.78 Å². The van der Waals surface area contributed by atoms with Crippen LogP contribution >= 0.6 is 11.6 Å². The zero-order valence-electron chi connectivity index (χ0n) is 6.16. The lowest BCUT2D eigenvalue weighted by atomic mass is 10.1. The molecule has 4 heteroatoms. The van der Waals surface area contributed by atoms with E-state index in [1.54, 1.807) is 20.8 Å². The Hall–Kier alpha value is -0.180. The summed E-state index contributed by atoms with van der Waals surface area (Å²) in [7, 11) is 0. The van der Waals surface area contributed by atoms with Crippen LogP contribution in [0.2, 0.25) is 0 Å². The van der Waals surface area contributed by atoms with Gasteiger partial charge in [0.15, 0.2) is 5.17 Å². The van der Waals surface area contributed by atoms with E-state index >= 15 is 0 Å². The third kappa shape index (κ3) is 4.68. The minimum absolute atomic E-state index is 0.520. The van der Waals surface area contributed by atoms with E-state index in [2.05, 4.69) is 4.99 Å². The summed E-state index contributed by atoms with van der Waals surface area (Å²) in [6.07, 6.45) is -2.65. The van der Waals surface area contributed by atoms with Crippen LogP contribution in [0.25, 0.3) is 0 Å². The van der Waals surface area contributed by atoms with Crippen LogP contribution in [0, 0.1) is 0 Å². The van der Waals surface area contributed by atoms with E-state index < -0.39 is 17.1 Å². The van der Waals surface area contributed by atoms with Gasteiger partial charge in [0.2, 0.25) is 0 Å². The largest absolute Gasteiger partial charge is 0.290 e. The van der Waals surface area contributed by atoms with Gasteiger partial charge in [-0.3, -0.25) is 4.99 Å². The van der Waals surface area contributed by atoms with E-state index in [1.165, 1.54) is 0 Å². The van der Waals surface area contributed by atoms with Crippen LogP contribution < -0.4 is 0 Å². The van der Waals surface area contributed by atoms with Crippen LogP contribution in [0.15, 0.2) is 4.99 Å². The Morgan fingerprint density at radius 3 is 1.90 bits per heavy atom. The molecule has 0 aliphatic heterocycles. The summed E-state index contributed by atoms with van der Waals surface area (Å²) < 4.78 is 23.4. The molecule has 1 nitrogen and oxygen atoms in total. The topological polar surface area (TPSA) is 12.4 Å². The number of aliphatic imine (C=N–C) groups is 1. The van der Waals surface area contributed by atoms with Crippen LogP contribution in [-0.4, -0.2) is 17.1 Å². The third-order valence-electron chi connectivity index (χ3n) is 0.622. The van der Waals surface area contributed by atoms with Crippen molar-refractivity contribution < 1.29 is 8.78 Å². The summed E-state index contributed by atoms with van der Waals surface area (Å²) in [6, 6.07) is 0. The minimum Gasteiger partial charge on any atom is -0.266 e. The van der Waals surface area contributed by atoms with Gasteiger partial charge in [0.25, 0.3) is 6.43 Å². The number of alkyl halides is 2. The van der Waals surface area contributed by atoms with Gasteiger partial charge in [-0.05, 0) is 20.8 Å². The fraction of sp³-hybridized carbons (Fsp3) is 0.833. The van der Waals surface area contributed by atoms with E-state index in [0.717, 1.165) is 0 Å². The second-order valence-corrected chi connectivity index (χ2v) is 3.29. The van der Waals surface area contributed by atoms with E-state index in [9.17, 15) is 8.78 Å². The molecule has 0 aromatic rings. The average Bonchev–Trinajstić information content (AvgIpc) is 1.60. The molecule has 0 amide bonds. The van der Waals surface area contributed by atoms with Crippen LogP contribution in [0.1, 0.15) is 20.8 Å². The second-order valence-electron chi connectivity index (χ2n) is 2.91. The molecule has 0 saturated carbocycles. The molecule has 0 aromatic heterocycles. The van der Waals surface area contributed by atoms with Crippen molar-refractivity contribution in [2.24, 2.45) is 4.99 Å². The van der Waals surface area contributed by atoms with Gasteiger partial charge in [0, 0.05) is 0 Å². The molecule has 0 bridgehead atoms. The molecule has 0 heterocycles. The summed E-state index contributed by atoms with van der Waals surface area (Å²) in [5, 5.41) is -0.618. The summed E-state index contributed by atoms with van der Waals surface area (Å²) in [5.74, 6) is 0. The highest BCUT2D eigenvalue weighted by atomic mass is 35.5. The molecule has 0 saturated heterocycles. The molecule has 60 valence electrons. The molecule has 0 rings (SSSR count). The first kappa shape index (κ1) is 9.82. The van der Waals surface area contributed by atoms with Crippen molar-refractivity contribution in [3.8, 4) is 0 Å². The van der Waals surface area contributed by atoms with Gasteiger partial charge in [-0.1, -0.05) is 11.6 Å². The SMILES string of the molecule is CC(C)(C)N=C(Cl)C(F)F. The van der Waals surface area contributed by atoms with Crippen LogP contribution in [0.5, 0.6) is 0 Å². The highest BCUT2D eigenvalue weighted by Gasteiger charge is 2.14. The Bertz CT molecular complexity index is 137. The number of rotatable bonds is 1. The monoisotopic (exact) mass is 169 g/mol. The zero-order valence-corrected chi connectivity index (χ0v) is 6.91. The van der Waals surface area contributed by atoms with Crippen molar-refractivity contribution in [3.63, 3.8) is 0 Å². The minimum atomic E-state index is -2.65. The average molecular weight is 170 g/mol. The highest BCUT2D eigenvalue weighted by molar-refractivity contribution is 6.66. The van der Waals surface area contributed by atoms with Gasteiger partial charge < -0.3 is 0 Å². The van der Waals surface area contributed by atoms with Crippen molar-refractivity contribution in [2.75, 3.05) is 0 Å². The Morgan fingerprint density at radius 2 is 1.80 bits per heavy atom. The Morgan fingerprint density at radius 1 is 1.40 bits per heavy atom.